The average molecular weight is 552 g/mol. The van der Waals surface area contributed by atoms with Crippen LogP contribution < -0.4 is 8.92 Å². The number of benzene rings is 2. The third-order valence-corrected chi connectivity index (χ3v) is 6.53. The van der Waals surface area contributed by atoms with Gasteiger partial charge in [-0.2, -0.15) is 13.7 Å². The van der Waals surface area contributed by atoms with Crippen molar-refractivity contribution >= 4 is 43.7 Å². The molecule has 1 saturated heterocycles. The van der Waals surface area contributed by atoms with Gasteiger partial charge in [0.05, 0.1) is 29.7 Å². The van der Waals surface area contributed by atoms with Crippen LogP contribution in [0.2, 0.25) is 0 Å². The van der Waals surface area contributed by atoms with Gasteiger partial charge < -0.3 is 18.6 Å². The fourth-order valence-corrected chi connectivity index (χ4v) is 4.71. The molecule has 11 nitrogen and oxygen atoms in total. The van der Waals surface area contributed by atoms with Crippen molar-refractivity contribution in [2.24, 2.45) is 0 Å². The fourth-order valence-electron chi connectivity index (χ4n) is 3.06. The molecule has 13 heteroatoms. The number of rotatable bonds is 7. The molecular formula is C21H18BrN3O8S. The normalized spacial score (nSPS) is 14.3. The lowest BCUT2D eigenvalue weighted by atomic mass is 10.1. The number of hydrogen-bond donors (Lipinski definition) is 0. The molecule has 0 N–H and O–H groups in total. The number of halogens is 1. The van der Waals surface area contributed by atoms with Crippen LogP contribution in [0.1, 0.15) is 5.56 Å². The number of nitrogens with zero attached hydrogens (tertiary/aromatic N) is 3. The van der Waals surface area contributed by atoms with E-state index in [0.29, 0.717) is 31.9 Å². The Morgan fingerprint density at radius 1 is 1.29 bits per heavy atom. The molecule has 0 aromatic heterocycles. The van der Waals surface area contributed by atoms with Gasteiger partial charge >= 0.3 is 10.1 Å². The maximum atomic E-state index is 12.7. The average Bonchev–Trinajstić information content (AvgIpc) is 2.84. The number of hydrogen-bond acceptors (Lipinski definition) is 9. The standard InChI is InChI=1S/C21H18BrN3O8S/c1-31-19-11-14(9-15(13-23)21(26)24-5-7-32-8-6-24)10-18(22)20(19)33-34(29,30)17-4-2-3-16(12-17)25(27)28/h2-4,9-12H,5-8H2,1H3/b15-9+. The van der Waals surface area contributed by atoms with E-state index in [9.17, 15) is 28.6 Å². The first-order valence-corrected chi connectivity index (χ1v) is 11.9. The molecule has 1 aliphatic rings. The molecule has 2 aromatic carbocycles. The highest BCUT2D eigenvalue weighted by Crippen LogP contribution is 2.39. The number of carbonyl (C=O) groups excluding carboxylic acids is 1. The van der Waals surface area contributed by atoms with Crippen LogP contribution in [-0.2, 0) is 19.6 Å². The van der Waals surface area contributed by atoms with Crippen LogP contribution in [0.4, 0.5) is 5.69 Å². The zero-order valence-electron chi connectivity index (χ0n) is 17.8. The van der Waals surface area contributed by atoms with Gasteiger partial charge in [0, 0.05) is 25.2 Å². The van der Waals surface area contributed by atoms with Crippen molar-refractivity contribution in [3.8, 4) is 17.6 Å². The predicted molar refractivity (Wildman–Crippen MR) is 123 cm³/mol. The van der Waals surface area contributed by atoms with Crippen LogP contribution in [0.25, 0.3) is 6.08 Å². The molecule has 0 saturated carbocycles. The van der Waals surface area contributed by atoms with Crippen molar-refractivity contribution in [3.63, 3.8) is 0 Å². The van der Waals surface area contributed by atoms with Gasteiger partial charge in [0.25, 0.3) is 11.6 Å². The molecule has 0 spiro atoms. The third-order valence-electron chi connectivity index (χ3n) is 4.72. The van der Waals surface area contributed by atoms with Crippen molar-refractivity contribution < 1.29 is 31.8 Å². The highest BCUT2D eigenvalue weighted by molar-refractivity contribution is 9.10. The Kier molecular flexibility index (Phi) is 7.87. The second-order valence-corrected chi connectivity index (χ2v) is 9.30. The molecule has 34 heavy (non-hydrogen) atoms. The van der Waals surface area contributed by atoms with E-state index in [0.717, 1.165) is 18.2 Å². The number of nitriles is 1. The van der Waals surface area contributed by atoms with E-state index < -0.39 is 31.5 Å². The number of carbonyl (C=O) groups is 1. The summed E-state index contributed by atoms with van der Waals surface area (Å²) in [5.74, 6) is -0.663. The van der Waals surface area contributed by atoms with Crippen LogP contribution >= 0.6 is 15.9 Å². The Morgan fingerprint density at radius 2 is 2.00 bits per heavy atom. The first kappa shape index (κ1) is 25.2. The monoisotopic (exact) mass is 551 g/mol. The van der Waals surface area contributed by atoms with E-state index >= 15 is 0 Å². The summed E-state index contributed by atoms with van der Waals surface area (Å²) in [6, 6.07) is 9.15. The minimum Gasteiger partial charge on any atom is -0.493 e. The van der Waals surface area contributed by atoms with E-state index in [4.69, 9.17) is 13.7 Å². The summed E-state index contributed by atoms with van der Waals surface area (Å²) in [7, 11) is -3.16. The van der Waals surface area contributed by atoms with Gasteiger partial charge in [-0.05, 0) is 45.8 Å². The smallest absolute Gasteiger partial charge is 0.339 e. The van der Waals surface area contributed by atoms with Gasteiger partial charge in [-0.15, -0.1) is 0 Å². The van der Waals surface area contributed by atoms with Gasteiger partial charge in [0.2, 0.25) is 0 Å². The molecule has 1 amide bonds. The van der Waals surface area contributed by atoms with Gasteiger partial charge in [-0.25, -0.2) is 0 Å². The lowest BCUT2D eigenvalue weighted by Crippen LogP contribution is -2.41. The van der Waals surface area contributed by atoms with Crippen LogP contribution in [0.15, 0.2) is 51.3 Å². The molecule has 0 atom stereocenters. The Labute approximate surface area is 203 Å². The summed E-state index contributed by atoms with van der Waals surface area (Å²) in [6.45, 7) is 1.50. The quantitative estimate of drug-likeness (QED) is 0.166. The van der Waals surface area contributed by atoms with Crippen molar-refractivity contribution in [1.29, 1.82) is 5.26 Å². The van der Waals surface area contributed by atoms with Crippen LogP contribution in [0.3, 0.4) is 0 Å². The first-order chi connectivity index (χ1) is 16.2. The first-order valence-electron chi connectivity index (χ1n) is 9.71. The summed E-state index contributed by atoms with van der Waals surface area (Å²) >= 11 is 3.23. The number of non-ortho nitro benzene ring substituents is 1. The second kappa shape index (κ2) is 10.6. The largest absolute Gasteiger partial charge is 0.493 e. The third kappa shape index (κ3) is 5.71. The Bertz CT molecular complexity index is 1300. The topological polar surface area (TPSA) is 149 Å². The molecule has 1 aliphatic heterocycles. The van der Waals surface area contributed by atoms with Gasteiger partial charge in [-0.1, -0.05) is 6.07 Å². The van der Waals surface area contributed by atoms with Gasteiger partial charge in [0.15, 0.2) is 11.5 Å². The summed E-state index contributed by atoms with van der Waals surface area (Å²) in [5, 5.41) is 20.5. The van der Waals surface area contributed by atoms with Crippen LogP contribution in [-0.4, -0.2) is 57.6 Å². The van der Waals surface area contributed by atoms with E-state index in [1.54, 1.807) is 0 Å². The molecule has 0 radical (unpaired) electrons. The number of methoxy groups -OCH3 is 1. The van der Waals surface area contributed by atoms with Crippen molar-refractivity contribution in [3.05, 3.63) is 62.1 Å². The Morgan fingerprint density at radius 3 is 2.62 bits per heavy atom. The Balaban J connectivity index is 1.93. The van der Waals surface area contributed by atoms with Crippen LogP contribution in [0, 0.1) is 21.4 Å². The van der Waals surface area contributed by atoms with E-state index in [2.05, 4.69) is 15.9 Å². The zero-order chi connectivity index (χ0) is 24.9. The van der Waals surface area contributed by atoms with Crippen LogP contribution in [0.5, 0.6) is 11.5 Å². The molecule has 1 fully saturated rings. The maximum absolute atomic E-state index is 12.7. The van der Waals surface area contributed by atoms with Gasteiger partial charge in [0.1, 0.15) is 16.5 Å². The molecule has 0 aliphatic carbocycles. The number of amides is 1. The molecule has 1 heterocycles. The highest BCUT2D eigenvalue weighted by atomic mass is 79.9. The molecule has 0 bridgehead atoms. The molecule has 0 unspecified atom stereocenters. The van der Waals surface area contributed by atoms with Crippen molar-refractivity contribution in [1.82, 2.24) is 4.90 Å². The highest BCUT2D eigenvalue weighted by Gasteiger charge is 2.25. The number of nitro groups is 1. The lowest BCUT2D eigenvalue weighted by molar-refractivity contribution is -0.385. The lowest BCUT2D eigenvalue weighted by Gasteiger charge is -2.26. The SMILES string of the molecule is COc1cc(/C=C(\C#N)C(=O)N2CCOCC2)cc(Br)c1OS(=O)(=O)c1cccc([N+](=O)[O-])c1. The predicted octanol–water partition coefficient (Wildman–Crippen LogP) is 2.90. The maximum Gasteiger partial charge on any atom is 0.339 e. The molecule has 178 valence electrons. The van der Waals surface area contributed by atoms with E-state index in [1.807, 2.05) is 6.07 Å². The minimum absolute atomic E-state index is 0.00857. The number of ether oxygens (including phenoxy) is 2. The summed E-state index contributed by atoms with van der Waals surface area (Å²) in [4.78, 5) is 24.0. The molecule has 3 rings (SSSR count). The zero-order valence-corrected chi connectivity index (χ0v) is 20.2. The summed E-state index contributed by atoms with van der Waals surface area (Å²) in [6.07, 6.45) is 1.35. The van der Waals surface area contributed by atoms with E-state index in [-0.39, 0.29) is 21.5 Å². The molecule has 2 aromatic rings. The molecular weight excluding hydrogens is 534 g/mol. The van der Waals surface area contributed by atoms with Crippen molar-refractivity contribution in [2.45, 2.75) is 4.90 Å². The van der Waals surface area contributed by atoms with Crippen molar-refractivity contribution in [2.75, 3.05) is 33.4 Å². The summed E-state index contributed by atoms with van der Waals surface area (Å²) in [5.41, 5.74) is -0.152. The summed E-state index contributed by atoms with van der Waals surface area (Å²) < 4.78 is 41.3. The number of nitro benzene ring substituents is 1. The Hall–Kier alpha value is -3.47. The minimum atomic E-state index is -4.45. The second-order valence-electron chi connectivity index (χ2n) is 6.90. The number of morpholine rings is 1. The van der Waals surface area contributed by atoms with Gasteiger partial charge in [-0.3, -0.25) is 14.9 Å². The fraction of sp³-hybridized carbons (Fsp3) is 0.238. The van der Waals surface area contributed by atoms with E-state index in [1.165, 1.54) is 36.3 Å².